The number of pyridine rings is 1. The number of carbonyl (C=O) groups is 1. The molecule has 30 heavy (non-hydrogen) atoms. The van der Waals surface area contributed by atoms with Crippen LogP contribution in [0.15, 0.2) is 61.1 Å². The van der Waals surface area contributed by atoms with Gasteiger partial charge in [-0.3, -0.25) is 14.5 Å². The number of nitrogens with zero attached hydrogens (tertiary/aromatic N) is 3. The summed E-state index contributed by atoms with van der Waals surface area (Å²) >= 11 is 0. The quantitative estimate of drug-likeness (QED) is 0.603. The van der Waals surface area contributed by atoms with Crippen molar-refractivity contribution in [1.29, 1.82) is 0 Å². The number of benzene rings is 1. The van der Waals surface area contributed by atoms with E-state index >= 15 is 0 Å². The first-order valence-electron chi connectivity index (χ1n) is 9.58. The molecule has 1 saturated carbocycles. The van der Waals surface area contributed by atoms with Crippen molar-refractivity contribution in [3.8, 4) is 11.1 Å². The van der Waals surface area contributed by atoms with Gasteiger partial charge in [-0.2, -0.15) is 0 Å². The number of nitrogens with one attached hydrogen (secondary N) is 2. The zero-order valence-corrected chi connectivity index (χ0v) is 17.1. The van der Waals surface area contributed by atoms with Gasteiger partial charge >= 0.3 is 0 Å². The Labute approximate surface area is 174 Å². The monoisotopic (exact) mass is 423 g/mol. The predicted octanol–water partition coefficient (Wildman–Crippen LogP) is 3.18. The summed E-state index contributed by atoms with van der Waals surface area (Å²) in [6, 6.07) is 12.9. The molecule has 3 aromatic rings. The van der Waals surface area contributed by atoms with Crippen LogP contribution in [-0.2, 0) is 14.8 Å². The highest BCUT2D eigenvalue weighted by atomic mass is 32.2. The minimum atomic E-state index is -3.46. The fraction of sp³-hybridized carbons (Fsp3) is 0.238. The molecular weight excluding hydrogens is 402 g/mol. The Kier molecular flexibility index (Phi) is 5.45. The molecule has 2 aromatic heterocycles. The maximum atomic E-state index is 12.7. The molecule has 1 amide bonds. The third-order valence-corrected chi connectivity index (χ3v) is 6.67. The molecule has 9 heteroatoms. The van der Waals surface area contributed by atoms with Crippen molar-refractivity contribution >= 4 is 27.6 Å². The van der Waals surface area contributed by atoms with Gasteiger partial charge in [0, 0.05) is 24.3 Å². The fourth-order valence-corrected chi connectivity index (χ4v) is 4.19. The second-order valence-corrected chi connectivity index (χ2v) is 9.14. The Morgan fingerprint density at radius 3 is 2.50 bits per heavy atom. The van der Waals surface area contributed by atoms with Crippen LogP contribution in [0.3, 0.4) is 0 Å². The van der Waals surface area contributed by atoms with Gasteiger partial charge in [0.25, 0.3) is 0 Å². The summed E-state index contributed by atoms with van der Waals surface area (Å²) in [4.78, 5) is 24.9. The Hall–Kier alpha value is -3.33. The standard InChI is InChI=1S/C21H21N5O3S/c1-14(19-10-12-23-21(25-19)26-30(28,29)18-8-9-18)20(27)24-17-6-4-15(5-7-17)16-3-2-11-22-13-16/h2-7,10-14,18H,8-9H2,1H3,(H,24,27)(H,23,25,26). The molecule has 4 rings (SSSR count). The van der Waals surface area contributed by atoms with Crippen LogP contribution >= 0.6 is 0 Å². The van der Waals surface area contributed by atoms with E-state index in [1.54, 1.807) is 25.4 Å². The fourth-order valence-electron chi connectivity index (χ4n) is 2.92. The highest BCUT2D eigenvalue weighted by Gasteiger charge is 2.36. The van der Waals surface area contributed by atoms with Crippen LogP contribution in [0.4, 0.5) is 11.6 Å². The van der Waals surface area contributed by atoms with Crippen molar-refractivity contribution in [2.75, 3.05) is 10.0 Å². The van der Waals surface area contributed by atoms with Gasteiger partial charge in [-0.25, -0.2) is 18.4 Å². The zero-order valence-electron chi connectivity index (χ0n) is 16.3. The highest BCUT2D eigenvalue weighted by molar-refractivity contribution is 7.93. The Bertz CT molecular complexity index is 1150. The van der Waals surface area contributed by atoms with Crippen LogP contribution in [0.2, 0.25) is 0 Å². The maximum Gasteiger partial charge on any atom is 0.237 e. The van der Waals surface area contributed by atoms with Gasteiger partial charge in [-0.05, 0) is 55.2 Å². The van der Waals surface area contributed by atoms with Gasteiger partial charge in [0.15, 0.2) is 0 Å². The molecule has 0 spiro atoms. The number of aromatic nitrogens is 3. The zero-order chi connectivity index (χ0) is 21.1. The van der Waals surface area contributed by atoms with E-state index in [-0.39, 0.29) is 17.1 Å². The van der Waals surface area contributed by atoms with Gasteiger partial charge in [0.2, 0.25) is 21.9 Å². The first-order chi connectivity index (χ1) is 14.4. The number of hydrogen-bond donors (Lipinski definition) is 2. The van der Waals surface area contributed by atoms with Crippen molar-refractivity contribution in [3.63, 3.8) is 0 Å². The largest absolute Gasteiger partial charge is 0.326 e. The average molecular weight is 423 g/mol. The normalized spacial score (nSPS) is 14.7. The number of sulfonamides is 1. The summed E-state index contributed by atoms with van der Waals surface area (Å²) in [6.07, 6.45) is 6.23. The van der Waals surface area contributed by atoms with E-state index in [4.69, 9.17) is 0 Å². The molecule has 0 bridgehead atoms. The first kappa shape index (κ1) is 20.0. The second-order valence-electron chi connectivity index (χ2n) is 7.18. The molecule has 1 aromatic carbocycles. The smallest absolute Gasteiger partial charge is 0.237 e. The number of carbonyl (C=O) groups excluding carboxylic acids is 1. The molecular formula is C21H21N5O3S. The third-order valence-electron chi connectivity index (χ3n) is 4.86. The molecule has 1 fully saturated rings. The summed E-state index contributed by atoms with van der Waals surface area (Å²) in [7, 11) is -3.46. The molecule has 0 radical (unpaired) electrons. The molecule has 0 saturated heterocycles. The molecule has 0 aliphatic heterocycles. The van der Waals surface area contributed by atoms with Crippen LogP contribution in [0.5, 0.6) is 0 Å². The van der Waals surface area contributed by atoms with Crippen LogP contribution in [0.1, 0.15) is 31.4 Å². The Morgan fingerprint density at radius 1 is 1.07 bits per heavy atom. The molecule has 1 aliphatic rings. The van der Waals surface area contributed by atoms with E-state index in [1.807, 2.05) is 36.4 Å². The topological polar surface area (TPSA) is 114 Å². The van der Waals surface area contributed by atoms with Crippen LogP contribution in [0.25, 0.3) is 11.1 Å². The number of hydrogen-bond acceptors (Lipinski definition) is 6. The summed E-state index contributed by atoms with van der Waals surface area (Å²) in [5.74, 6) is -0.853. The lowest BCUT2D eigenvalue weighted by atomic mass is 10.1. The van der Waals surface area contributed by atoms with Crippen molar-refractivity contribution in [3.05, 3.63) is 66.7 Å². The minimum absolute atomic E-state index is 0.0140. The van der Waals surface area contributed by atoms with E-state index in [0.717, 1.165) is 11.1 Å². The third kappa shape index (κ3) is 4.62. The lowest BCUT2D eigenvalue weighted by Gasteiger charge is -2.13. The number of anilines is 2. The summed E-state index contributed by atoms with van der Waals surface area (Å²) in [5, 5.41) is 2.49. The first-order valence-corrected chi connectivity index (χ1v) is 11.1. The molecule has 1 atom stereocenters. The van der Waals surface area contributed by atoms with E-state index < -0.39 is 15.9 Å². The lowest BCUT2D eigenvalue weighted by molar-refractivity contribution is -0.117. The van der Waals surface area contributed by atoms with E-state index in [0.29, 0.717) is 24.2 Å². The van der Waals surface area contributed by atoms with Crippen LogP contribution in [0, 0.1) is 0 Å². The average Bonchev–Trinajstić information content (AvgIpc) is 3.60. The van der Waals surface area contributed by atoms with Crippen molar-refractivity contribution in [2.24, 2.45) is 0 Å². The SMILES string of the molecule is CC(C(=O)Nc1ccc(-c2cccnc2)cc1)c1ccnc(NS(=O)(=O)C2CC2)n1. The van der Waals surface area contributed by atoms with Gasteiger partial charge in [-0.15, -0.1) is 0 Å². The van der Waals surface area contributed by atoms with E-state index in [1.165, 1.54) is 6.20 Å². The number of amides is 1. The summed E-state index contributed by atoms with van der Waals surface area (Å²) < 4.78 is 26.5. The Morgan fingerprint density at radius 2 is 1.83 bits per heavy atom. The molecule has 2 N–H and O–H groups in total. The maximum absolute atomic E-state index is 12.7. The van der Waals surface area contributed by atoms with Gasteiger partial charge in [0.1, 0.15) is 0 Å². The highest BCUT2D eigenvalue weighted by Crippen LogP contribution is 2.29. The van der Waals surface area contributed by atoms with Crippen molar-refractivity contribution in [2.45, 2.75) is 30.9 Å². The van der Waals surface area contributed by atoms with E-state index in [2.05, 4.69) is 25.0 Å². The molecule has 1 aliphatic carbocycles. The van der Waals surface area contributed by atoms with Gasteiger partial charge < -0.3 is 5.32 Å². The molecule has 8 nitrogen and oxygen atoms in total. The predicted molar refractivity (Wildman–Crippen MR) is 114 cm³/mol. The minimum Gasteiger partial charge on any atom is -0.326 e. The second kappa shape index (κ2) is 8.19. The summed E-state index contributed by atoms with van der Waals surface area (Å²) in [6.45, 7) is 1.71. The van der Waals surface area contributed by atoms with Crippen molar-refractivity contribution < 1.29 is 13.2 Å². The number of rotatable bonds is 7. The van der Waals surface area contributed by atoms with Gasteiger partial charge in [-0.1, -0.05) is 18.2 Å². The van der Waals surface area contributed by atoms with Crippen molar-refractivity contribution in [1.82, 2.24) is 15.0 Å². The summed E-state index contributed by atoms with van der Waals surface area (Å²) in [5.41, 5.74) is 3.08. The lowest BCUT2D eigenvalue weighted by Crippen LogP contribution is -2.22. The Balaban J connectivity index is 1.43. The van der Waals surface area contributed by atoms with Crippen LogP contribution < -0.4 is 10.0 Å². The molecule has 1 unspecified atom stereocenters. The molecule has 154 valence electrons. The van der Waals surface area contributed by atoms with Crippen LogP contribution in [-0.4, -0.2) is 34.5 Å². The molecule has 2 heterocycles. The van der Waals surface area contributed by atoms with Gasteiger partial charge in [0.05, 0.1) is 16.9 Å². The van der Waals surface area contributed by atoms with E-state index in [9.17, 15) is 13.2 Å².